The van der Waals surface area contributed by atoms with E-state index in [1.54, 1.807) is 0 Å². The minimum absolute atomic E-state index is 0.601. The summed E-state index contributed by atoms with van der Waals surface area (Å²) in [6, 6.07) is 0. The molecule has 0 heterocycles. The molecule has 0 amide bonds. The lowest BCUT2D eigenvalue weighted by molar-refractivity contribution is 0.0469. The lowest BCUT2D eigenvalue weighted by Crippen LogP contribution is -2.08. The van der Waals surface area contributed by atoms with Gasteiger partial charge in [0, 0.05) is 12.4 Å². The Bertz CT molecular complexity index is 124. The molecule has 0 aromatic carbocycles. The second-order valence-corrected chi connectivity index (χ2v) is 3.56. The molecule has 0 radical (unpaired) electrons. The van der Waals surface area contributed by atoms with Crippen molar-refractivity contribution in [3.63, 3.8) is 0 Å². The Morgan fingerprint density at radius 1 is 1.15 bits per heavy atom. The Hall–Kier alpha value is 0.01000. The number of thiol groups is 1. The van der Waals surface area contributed by atoms with Crippen molar-refractivity contribution in [1.29, 1.82) is 0 Å². The second-order valence-electron chi connectivity index (χ2n) is 3.20. The molecule has 78 valence electrons. The van der Waals surface area contributed by atoms with E-state index in [1.165, 1.54) is 0 Å². The zero-order chi connectivity index (χ0) is 9.94. The molecule has 0 fully saturated rings. The summed E-state index contributed by atoms with van der Waals surface area (Å²) in [6.45, 7) is 7.10. The lowest BCUT2D eigenvalue weighted by Gasteiger charge is -2.06. The maximum Gasteiger partial charge on any atom is 0.0704 e. The fourth-order valence-corrected chi connectivity index (χ4v) is 0.880. The van der Waals surface area contributed by atoms with Crippen LogP contribution in [0.3, 0.4) is 0 Å². The Morgan fingerprint density at radius 2 is 1.85 bits per heavy atom. The Kier molecular flexibility index (Phi) is 10.1. The standard InChI is InChI=1S/C10H20O2S/c1-10(2)9-12-7-6-11-5-3-4-8-13/h3-4,10,13H,5-9H2,1-2H3/b4-3+. The normalized spacial score (nSPS) is 11.7. The van der Waals surface area contributed by atoms with Gasteiger partial charge in [-0.05, 0) is 5.92 Å². The zero-order valence-corrected chi connectivity index (χ0v) is 9.43. The van der Waals surface area contributed by atoms with Gasteiger partial charge in [0.25, 0.3) is 0 Å². The number of ether oxygens (including phenoxy) is 2. The fourth-order valence-electron chi connectivity index (χ4n) is 0.731. The van der Waals surface area contributed by atoms with E-state index in [-0.39, 0.29) is 0 Å². The first-order valence-corrected chi connectivity index (χ1v) is 5.32. The summed E-state index contributed by atoms with van der Waals surface area (Å²) in [7, 11) is 0. The van der Waals surface area contributed by atoms with E-state index in [1.807, 2.05) is 12.2 Å². The van der Waals surface area contributed by atoms with Gasteiger partial charge in [0.1, 0.15) is 0 Å². The van der Waals surface area contributed by atoms with Gasteiger partial charge in [-0.3, -0.25) is 0 Å². The van der Waals surface area contributed by atoms with Crippen LogP contribution in [0.15, 0.2) is 12.2 Å². The molecular weight excluding hydrogens is 184 g/mol. The predicted octanol–water partition coefficient (Wildman–Crippen LogP) is 2.16. The molecular formula is C10H20O2S. The highest BCUT2D eigenvalue weighted by Gasteiger charge is 1.92. The van der Waals surface area contributed by atoms with Crippen molar-refractivity contribution < 1.29 is 9.47 Å². The van der Waals surface area contributed by atoms with E-state index in [2.05, 4.69) is 26.5 Å². The average molecular weight is 204 g/mol. The van der Waals surface area contributed by atoms with E-state index < -0.39 is 0 Å². The molecule has 2 nitrogen and oxygen atoms in total. The van der Waals surface area contributed by atoms with Gasteiger partial charge < -0.3 is 9.47 Å². The first kappa shape index (κ1) is 13.0. The molecule has 0 saturated carbocycles. The van der Waals surface area contributed by atoms with Gasteiger partial charge in [-0.2, -0.15) is 12.6 Å². The topological polar surface area (TPSA) is 18.5 Å². The van der Waals surface area contributed by atoms with Crippen LogP contribution in [-0.2, 0) is 9.47 Å². The predicted molar refractivity (Wildman–Crippen MR) is 59.5 cm³/mol. The third-order valence-corrected chi connectivity index (χ3v) is 1.52. The zero-order valence-electron chi connectivity index (χ0n) is 8.53. The lowest BCUT2D eigenvalue weighted by atomic mass is 10.2. The van der Waals surface area contributed by atoms with Crippen LogP contribution in [0.4, 0.5) is 0 Å². The molecule has 0 atom stereocenters. The van der Waals surface area contributed by atoms with Crippen molar-refractivity contribution in [1.82, 2.24) is 0 Å². The summed E-state index contributed by atoms with van der Waals surface area (Å²) in [5.74, 6) is 1.37. The minimum atomic E-state index is 0.601. The highest BCUT2D eigenvalue weighted by Crippen LogP contribution is 1.91. The molecule has 0 unspecified atom stereocenters. The summed E-state index contributed by atoms with van der Waals surface area (Å²) in [5.41, 5.74) is 0. The van der Waals surface area contributed by atoms with Gasteiger partial charge in [-0.1, -0.05) is 26.0 Å². The van der Waals surface area contributed by atoms with Crippen LogP contribution >= 0.6 is 12.6 Å². The van der Waals surface area contributed by atoms with Gasteiger partial charge in [0.15, 0.2) is 0 Å². The van der Waals surface area contributed by atoms with Gasteiger partial charge in [0.2, 0.25) is 0 Å². The largest absolute Gasteiger partial charge is 0.379 e. The highest BCUT2D eigenvalue weighted by atomic mass is 32.1. The molecule has 0 rings (SSSR count). The molecule has 0 spiro atoms. The van der Waals surface area contributed by atoms with Crippen LogP contribution in [0.2, 0.25) is 0 Å². The molecule has 0 aromatic rings. The van der Waals surface area contributed by atoms with Crippen molar-refractivity contribution >= 4 is 12.6 Å². The van der Waals surface area contributed by atoms with Crippen LogP contribution in [0, 0.1) is 5.92 Å². The third kappa shape index (κ3) is 12.0. The molecule has 0 bridgehead atoms. The summed E-state index contributed by atoms with van der Waals surface area (Å²) < 4.78 is 10.6. The van der Waals surface area contributed by atoms with Crippen molar-refractivity contribution in [2.24, 2.45) is 5.92 Å². The van der Waals surface area contributed by atoms with E-state index in [9.17, 15) is 0 Å². The summed E-state index contributed by atoms with van der Waals surface area (Å²) in [4.78, 5) is 0. The number of hydrogen-bond donors (Lipinski definition) is 1. The highest BCUT2D eigenvalue weighted by molar-refractivity contribution is 7.80. The number of hydrogen-bond acceptors (Lipinski definition) is 3. The summed E-state index contributed by atoms with van der Waals surface area (Å²) in [5, 5.41) is 0. The van der Waals surface area contributed by atoms with E-state index in [4.69, 9.17) is 9.47 Å². The Morgan fingerprint density at radius 3 is 2.46 bits per heavy atom. The molecule has 0 N–H and O–H groups in total. The third-order valence-electron chi connectivity index (χ3n) is 1.31. The molecule has 0 aliphatic rings. The molecule has 3 heteroatoms. The average Bonchev–Trinajstić information content (AvgIpc) is 2.09. The van der Waals surface area contributed by atoms with Gasteiger partial charge in [-0.25, -0.2) is 0 Å². The Labute approximate surface area is 86.7 Å². The van der Waals surface area contributed by atoms with E-state index in [0.29, 0.717) is 25.7 Å². The molecule has 0 saturated heterocycles. The van der Waals surface area contributed by atoms with Crippen molar-refractivity contribution in [2.45, 2.75) is 13.8 Å². The monoisotopic (exact) mass is 204 g/mol. The quantitative estimate of drug-likeness (QED) is 0.371. The molecule has 13 heavy (non-hydrogen) atoms. The van der Waals surface area contributed by atoms with Crippen LogP contribution in [-0.4, -0.2) is 32.2 Å². The van der Waals surface area contributed by atoms with Gasteiger partial charge in [0.05, 0.1) is 19.8 Å². The maximum absolute atomic E-state index is 5.34. The van der Waals surface area contributed by atoms with Crippen molar-refractivity contribution in [3.8, 4) is 0 Å². The molecule has 0 aliphatic carbocycles. The first-order chi connectivity index (χ1) is 6.27. The SMILES string of the molecule is CC(C)COCCOC/C=C/CS. The van der Waals surface area contributed by atoms with Crippen LogP contribution in [0.1, 0.15) is 13.8 Å². The number of rotatable bonds is 8. The van der Waals surface area contributed by atoms with E-state index in [0.717, 1.165) is 12.4 Å². The van der Waals surface area contributed by atoms with Gasteiger partial charge in [-0.15, -0.1) is 0 Å². The van der Waals surface area contributed by atoms with Crippen molar-refractivity contribution in [3.05, 3.63) is 12.2 Å². The minimum Gasteiger partial charge on any atom is -0.379 e. The fraction of sp³-hybridized carbons (Fsp3) is 0.800. The summed E-state index contributed by atoms with van der Waals surface area (Å²) in [6.07, 6.45) is 3.94. The molecule has 0 aliphatic heterocycles. The van der Waals surface area contributed by atoms with Crippen LogP contribution in [0.25, 0.3) is 0 Å². The Balaban J connectivity index is 2.95. The first-order valence-electron chi connectivity index (χ1n) is 4.68. The summed E-state index contributed by atoms with van der Waals surface area (Å²) >= 11 is 4.03. The smallest absolute Gasteiger partial charge is 0.0704 e. The van der Waals surface area contributed by atoms with Crippen LogP contribution < -0.4 is 0 Å². The van der Waals surface area contributed by atoms with Gasteiger partial charge >= 0.3 is 0 Å². The maximum atomic E-state index is 5.34. The molecule has 0 aromatic heterocycles. The second kappa shape index (κ2) is 10.1. The van der Waals surface area contributed by atoms with Crippen LogP contribution in [0.5, 0.6) is 0 Å². The van der Waals surface area contributed by atoms with Crippen molar-refractivity contribution in [2.75, 3.05) is 32.2 Å². The van der Waals surface area contributed by atoms with E-state index >= 15 is 0 Å².